The summed E-state index contributed by atoms with van der Waals surface area (Å²) < 4.78 is 5.32. The first-order valence-corrected chi connectivity index (χ1v) is 10.9. The van der Waals surface area contributed by atoms with Gasteiger partial charge in [0, 0.05) is 45.2 Å². The molecule has 7 heteroatoms. The second kappa shape index (κ2) is 8.64. The lowest BCUT2D eigenvalue weighted by molar-refractivity contribution is -0.136. The molecule has 3 saturated heterocycles. The lowest BCUT2D eigenvalue weighted by Crippen LogP contribution is -2.51. The Morgan fingerprint density at radius 3 is 2.50 bits per heavy atom. The van der Waals surface area contributed by atoms with E-state index in [-0.39, 0.29) is 11.8 Å². The monoisotopic (exact) mass is 388 g/mol. The molecule has 1 atom stereocenters. The molecule has 7 nitrogen and oxygen atoms in total. The SMILES string of the molecule is CCc1ocnc1C(=O)N1CCC(N2CCC[C@H](C(=O)N3CCCC3)C2)CC1. The van der Waals surface area contributed by atoms with E-state index >= 15 is 0 Å². The summed E-state index contributed by atoms with van der Waals surface area (Å²) in [5.41, 5.74) is 0.468. The predicted molar refractivity (Wildman–Crippen MR) is 105 cm³/mol. The number of nitrogens with zero attached hydrogens (tertiary/aromatic N) is 4. The molecule has 28 heavy (non-hydrogen) atoms. The fourth-order valence-corrected chi connectivity index (χ4v) is 5.01. The first-order valence-electron chi connectivity index (χ1n) is 10.9. The molecule has 1 aromatic rings. The number of rotatable bonds is 4. The number of aromatic nitrogens is 1. The fourth-order valence-electron chi connectivity index (χ4n) is 5.01. The molecule has 0 aliphatic carbocycles. The van der Waals surface area contributed by atoms with Gasteiger partial charge in [0.25, 0.3) is 5.91 Å². The molecule has 154 valence electrons. The molecule has 0 bridgehead atoms. The van der Waals surface area contributed by atoms with Crippen molar-refractivity contribution in [2.24, 2.45) is 5.92 Å². The lowest BCUT2D eigenvalue weighted by Gasteiger charge is -2.42. The van der Waals surface area contributed by atoms with E-state index in [0.717, 1.165) is 77.8 Å². The van der Waals surface area contributed by atoms with Crippen LogP contribution in [0.5, 0.6) is 0 Å². The minimum Gasteiger partial charge on any atom is -0.448 e. The Labute approximate surface area is 167 Å². The summed E-state index contributed by atoms with van der Waals surface area (Å²) in [5, 5.41) is 0. The van der Waals surface area contributed by atoms with Gasteiger partial charge in [-0.3, -0.25) is 14.5 Å². The molecular formula is C21H32N4O3. The van der Waals surface area contributed by atoms with E-state index in [1.165, 1.54) is 6.39 Å². The Morgan fingerprint density at radius 1 is 1.04 bits per heavy atom. The number of aryl methyl sites for hydroxylation is 1. The molecular weight excluding hydrogens is 356 g/mol. The van der Waals surface area contributed by atoms with Gasteiger partial charge in [-0.25, -0.2) is 4.98 Å². The van der Waals surface area contributed by atoms with Crippen molar-refractivity contribution in [3.8, 4) is 0 Å². The molecule has 3 fully saturated rings. The number of likely N-dealkylation sites (tertiary alicyclic amines) is 3. The van der Waals surface area contributed by atoms with Crippen molar-refractivity contribution in [1.82, 2.24) is 19.7 Å². The van der Waals surface area contributed by atoms with E-state index in [4.69, 9.17) is 4.42 Å². The average molecular weight is 389 g/mol. The Morgan fingerprint density at radius 2 is 1.79 bits per heavy atom. The van der Waals surface area contributed by atoms with Crippen molar-refractivity contribution in [3.63, 3.8) is 0 Å². The van der Waals surface area contributed by atoms with Gasteiger partial charge in [0.1, 0.15) is 5.76 Å². The average Bonchev–Trinajstić information content (AvgIpc) is 3.45. The van der Waals surface area contributed by atoms with Crippen LogP contribution in [0.4, 0.5) is 0 Å². The Hall–Kier alpha value is -1.89. The predicted octanol–water partition coefficient (Wildman–Crippen LogP) is 2.18. The molecule has 4 heterocycles. The van der Waals surface area contributed by atoms with Crippen LogP contribution >= 0.6 is 0 Å². The molecule has 2 amide bonds. The summed E-state index contributed by atoms with van der Waals surface area (Å²) in [4.78, 5) is 36.2. The molecule has 4 rings (SSSR count). The third kappa shape index (κ3) is 3.95. The molecule has 0 aromatic carbocycles. The van der Waals surface area contributed by atoms with Crippen LogP contribution in [0, 0.1) is 5.92 Å². The topological polar surface area (TPSA) is 69.9 Å². The van der Waals surface area contributed by atoms with Crippen LogP contribution < -0.4 is 0 Å². The zero-order valence-corrected chi connectivity index (χ0v) is 16.9. The summed E-state index contributed by atoms with van der Waals surface area (Å²) >= 11 is 0. The largest absolute Gasteiger partial charge is 0.448 e. The van der Waals surface area contributed by atoms with Crippen molar-refractivity contribution in [2.45, 2.75) is 57.9 Å². The van der Waals surface area contributed by atoms with Crippen molar-refractivity contribution < 1.29 is 14.0 Å². The highest BCUT2D eigenvalue weighted by atomic mass is 16.3. The summed E-state index contributed by atoms with van der Waals surface area (Å²) in [7, 11) is 0. The molecule has 0 saturated carbocycles. The second-order valence-electron chi connectivity index (χ2n) is 8.37. The highest BCUT2D eigenvalue weighted by molar-refractivity contribution is 5.93. The van der Waals surface area contributed by atoms with Crippen LogP contribution in [0.3, 0.4) is 0 Å². The number of amides is 2. The highest BCUT2D eigenvalue weighted by Gasteiger charge is 2.35. The second-order valence-corrected chi connectivity index (χ2v) is 8.37. The zero-order chi connectivity index (χ0) is 19.5. The van der Waals surface area contributed by atoms with Crippen LogP contribution in [0.25, 0.3) is 0 Å². The van der Waals surface area contributed by atoms with E-state index < -0.39 is 0 Å². The van der Waals surface area contributed by atoms with Gasteiger partial charge in [-0.2, -0.15) is 0 Å². The summed E-state index contributed by atoms with van der Waals surface area (Å²) in [5.74, 6) is 1.19. The third-order valence-corrected chi connectivity index (χ3v) is 6.65. The van der Waals surface area contributed by atoms with Crippen molar-refractivity contribution in [2.75, 3.05) is 39.3 Å². The summed E-state index contributed by atoms with van der Waals surface area (Å²) in [6.45, 7) is 7.32. The van der Waals surface area contributed by atoms with Gasteiger partial charge < -0.3 is 14.2 Å². The first kappa shape index (κ1) is 19.4. The number of hydrogen-bond donors (Lipinski definition) is 0. The number of piperidine rings is 2. The molecule has 3 aliphatic heterocycles. The van der Waals surface area contributed by atoms with E-state index in [1.54, 1.807) is 0 Å². The van der Waals surface area contributed by atoms with Crippen molar-refractivity contribution in [1.29, 1.82) is 0 Å². The Kier molecular flexibility index (Phi) is 5.99. The minimum absolute atomic E-state index is 0.00946. The van der Waals surface area contributed by atoms with Crippen LogP contribution in [0.2, 0.25) is 0 Å². The molecule has 0 unspecified atom stereocenters. The summed E-state index contributed by atoms with van der Waals surface area (Å²) in [6.07, 6.45) is 8.41. The van der Waals surface area contributed by atoms with E-state index in [2.05, 4.69) is 14.8 Å². The van der Waals surface area contributed by atoms with E-state index in [9.17, 15) is 9.59 Å². The van der Waals surface area contributed by atoms with Gasteiger partial charge in [-0.05, 0) is 45.1 Å². The minimum atomic E-state index is -0.00946. The van der Waals surface area contributed by atoms with Crippen molar-refractivity contribution >= 4 is 11.8 Å². The molecule has 0 radical (unpaired) electrons. The van der Waals surface area contributed by atoms with Gasteiger partial charge in [0.2, 0.25) is 5.91 Å². The van der Waals surface area contributed by atoms with E-state index in [1.807, 2.05) is 11.8 Å². The highest BCUT2D eigenvalue weighted by Crippen LogP contribution is 2.26. The number of carbonyl (C=O) groups is 2. The van der Waals surface area contributed by atoms with Crippen LogP contribution in [-0.4, -0.2) is 76.8 Å². The first-order chi connectivity index (χ1) is 13.7. The lowest BCUT2D eigenvalue weighted by atomic mass is 9.93. The van der Waals surface area contributed by atoms with Gasteiger partial charge in [0.05, 0.1) is 5.92 Å². The van der Waals surface area contributed by atoms with Crippen molar-refractivity contribution in [3.05, 3.63) is 17.8 Å². The van der Waals surface area contributed by atoms with Crippen LogP contribution in [0.1, 0.15) is 61.7 Å². The quantitative estimate of drug-likeness (QED) is 0.791. The van der Waals surface area contributed by atoms with Gasteiger partial charge in [-0.1, -0.05) is 6.92 Å². The normalized spacial score (nSPS) is 24.7. The van der Waals surface area contributed by atoms with Gasteiger partial charge in [-0.15, -0.1) is 0 Å². The van der Waals surface area contributed by atoms with Gasteiger partial charge >= 0.3 is 0 Å². The van der Waals surface area contributed by atoms with Crippen LogP contribution in [0.15, 0.2) is 10.8 Å². The number of carbonyl (C=O) groups excluding carboxylic acids is 2. The van der Waals surface area contributed by atoms with Gasteiger partial charge in [0.15, 0.2) is 12.1 Å². The third-order valence-electron chi connectivity index (χ3n) is 6.65. The Bertz CT molecular complexity index is 690. The fraction of sp³-hybridized carbons (Fsp3) is 0.762. The maximum absolute atomic E-state index is 12.8. The smallest absolute Gasteiger partial charge is 0.276 e. The number of oxazole rings is 1. The standard InChI is InChI=1S/C21H32N4O3/c1-2-18-19(22-15-28-18)21(27)24-12-7-17(8-13-24)25-11-5-6-16(14-25)20(26)23-9-3-4-10-23/h15-17H,2-14H2,1H3/t16-/m0/s1. The number of hydrogen-bond acceptors (Lipinski definition) is 5. The Balaban J connectivity index is 1.31. The maximum atomic E-state index is 12.8. The molecule has 0 spiro atoms. The van der Waals surface area contributed by atoms with E-state index in [0.29, 0.717) is 29.8 Å². The molecule has 3 aliphatic rings. The van der Waals surface area contributed by atoms with Crippen LogP contribution in [-0.2, 0) is 11.2 Å². The molecule has 1 aromatic heterocycles. The summed E-state index contributed by atoms with van der Waals surface area (Å²) in [6, 6.07) is 0.473. The molecule has 0 N–H and O–H groups in total. The zero-order valence-electron chi connectivity index (χ0n) is 16.9. The maximum Gasteiger partial charge on any atom is 0.276 e.